The smallest absolute Gasteiger partial charge is 0.330 e. The SMILES string of the molecule is COCCCN1C(=O)NC(=O)C(c2ccc(F)cc2)C1=O. The van der Waals surface area contributed by atoms with Gasteiger partial charge in [-0.2, -0.15) is 0 Å². The van der Waals surface area contributed by atoms with Crippen molar-refractivity contribution in [3.8, 4) is 0 Å². The van der Waals surface area contributed by atoms with Crippen LogP contribution in [0.4, 0.5) is 9.18 Å². The van der Waals surface area contributed by atoms with Gasteiger partial charge < -0.3 is 4.74 Å². The van der Waals surface area contributed by atoms with Gasteiger partial charge in [0.05, 0.1) is 0 Å². The Hall–Kier alpha value is -2.28. The molecular formula is C14H15FN2O4. The standard InChI is InChI=1S/C14H15FN2O4/c1-21-8-2-7-17-13(19)11(12(18)16-14(17)20)9-3-5-10(15)6-4-9/h3-6,11H,2,7-8H2,1H3,(H,16,18,20). The van der Waals surface area contributed by atoms with Crippen LogP contribution in [-0.4, -0.2) is 43.0 Å². The Morgan fingerprint density at radius 2 is 1.90 bits per heavy atom. The fraction of sp³-hybridized carbons (Fsp3) is 0.357. The first kappa shape index (κ1) is 15.1. The zero-order chi connectivity index (χ0) is 15.4. The van der Waals surface area contributed by atoms with E-state index < -0.39 is 29.6 Å². The average Bonchev–Trinajstić information content (AvgIpc) is 2.44. The monoisotopic (exact) mass is 294 g/mol. The van der Waals surface area contributed by atoms with Crippen molar-refractivity contribution in [2.75, 3.05) is 20.3 Å². The summed E-state index contributed by atoms with van der Waals surface area (Å²) in [5.41, 5.74) is 0.350. The van der Waals surface area contributed by atoms with E-state index in [4.69, 9.17) is 4.74 Å². The number of hydrogen-bond donors (Lipinski definition) is 1. The largest absolute Gasteiger partial charge is 0.385 e. The van der Waals surface area contributed by atoms with Gasteiger partial charge in [-0.1, -0.05) is 12.1 Å². The second-order valence-corrected chi connectivity index (χ2v) is 4.62. The summed E-state index contributed by atoms with van der Waals surface area (Å²) in [5.74, 6) is -2.90. The lowest BCUT2D eigenvalue weighted by Crippen LogP contribution is -2.57. The van der Waals surface area contributed by atoms with Crippen molar-refractivity contribution in [2.24, 2.45) is 0 Å². The number of benzene rings is 1. The first-order chi connectivity index (χ1) is 10.0. The highest BCUT2D eigenvalue weighted by Gasteiger charge is 2.40. The Morgan fingerprint density at radius 1 is 1.24 bits per heavy atom. The predicted octanol–water partition coefficient (Wildman–Crippen LogP) is 1.02. The summed E-state index contributed by atoms with van der Waals surface area (Å²) in [7, 11) is 1.52. The maximum absolute atomic E-state index is 12.9. The number of halogens is 1. The van der Waals surface area contributed by atoms with Crippen LogP contribution in [0, 0.1) is 5.82 Å². The summed E-state index contributed by atoms with van der Waals surface area (Å²) in [6.45, 7) is 0.551. The van der Waals surface area contributed by atoms with Crippen LogP contribution < -0.4 is 5.32 Å². The average molecular weight is 294 g/mol. The first-order valence-corrected chi connectivity index (χ1v) is 6.45. The normalized spacial score (nSPS) is 18.9. The molecule has 1 N–H and O–H groups in total. The Morgan fingerprint density at radius 3 is 2.52 bits per heavy atom. The molecule has 0 radical (unpaired) electrons. The van der Waals surface area contributed by atoms with Crippen LogP contribution in [0.25, 0.3) is 0 Å². The number of barbiturate groups is 1. The number of urea groups is 1. The molecule has 0 aromatic heterocycles. The van der Waals surface area contributed by atoms with Crippen LogP contribution in [0.15, 0.2) is 24.3 Å². The van der Waals surface area contributed by atoms with Gasteiger partial charge in [0.25, 0.3) is 0 Å². The number of nitrogens with zero attached hydrogens (tertiary/aromatic N) is 1. The van der Waals surface area contributed by atoms with Crippen LogP contribution in [0.5, 0.6) is 0 Å². The van der Waals surface area contributed by atoms with Gasteiger partial charge in [0, 0.05) is 20.3 Å². The number of hydrogen-bond acceptors (Lipinski definition) is 4. The van der Waals surface area contributed by atoms with E-state index in [-0.39, 0.29) is 6.54 Å². The van der Waals surface area contributed by atoms with E-state index >= 15 is 0 Å². The van der Waals surface area contributed by atoms with E-state index in [0.717, 1.165) is 4.90 Å². The number of carbonyl (C=O) groups is 3. The third-order valence-corrected chi connectivity index (χ3v) is 3.18. The number of carbonyl (C=O) groups excluding carboxylic acids is 3. The van der Waals surface area contributed by atoms with Crippen molar-refractivity contribution in [2.45, 2.75) is 12.3 Å². The van der Waals surface area contributed by atoms with Crippen molar-refractivity contribution >= 4 is 17.8 Å². The van der Waals surface area contributed by atoms with Gasteiger partial charge in [-0.3, -0.25) is 19.8 Å². The lowest BCUT2D eigenvalue weighted by Gasteiger charge is -2.30. The van der Waals surface area contributed by atoms with Crippen LogP contribution in [0.2, 0.25) is 0 Å². The third-order valence-electron chi connectivity index (χ3n) is 3.18. The van der Waals surface area contributed by atoms with Gasteiger partial charge in [-0.05, 0) is 24.1 Å². The lowest BCUT2D eigenvalue weighted by molar-refractivity contribution is -0.138. The maximum atomic E-state index is 12.9. The minimum absolute atomic E-state index is 0.156. The van der Waals surface area contributed by atoms with Gasteiger partial charge >= 0.3 is 6.03 Å². The third kappa shape index (κ3) is 3.25. The molecule has 7 heteroatoms. The van der Waals surface area contributed by atoms with Crippen molar-refractivity contribution in [3.05, 3.63) is 35.6 Å². The molecule has 1 atom stereocenters. The van der Waals surface area contributed by atoms with E-state index in [1.807, 2.05) is 0 Å². The second kappa shape index (κ2) is 6.45. The molecule has 1 heterocycles. The molecular weight excluding hydrogens is 279 g/mol. The molecule has 0 saturated carbocycles. The van der Waals surface area contributed by atoms with Crippen molar-refractivity contribution in [1.29, 1.82) is 0 Å². The highest BCUT2D eigenvalue weighted by molar-refractivity contribution is 6.19. The predicted molar refractivity (Wildman–Crippen MR) is 70.9 cm³/mol. The van der Waals surface area contributed by atoms with Crippen molar-refractivity contribution in [1.82, 2.24) is 10.2 Å². The Labute approximate surface area is 120 Å². The lowest BCUT2D eigenvalue weighted by atomic mass is 9.95. The molecule has 21 heavy (non-hydrogen) atoms. The number of rotatable bonds is 5. The number of ether oxygens (including phenoxy) is 1. The molecule has 6 nitrogen and oxygen atoms in total. The topological polar surface area (TPSA) is 75.7 Å². The number of amides is 4. The Bertz CT molecular complexity index is 559. The minimum atomic E-state index is -1.13. The highest BCUT2D eigenvalue weighted by atomic mass is 19.1. The number of imide groups is 2. The number of methoxy groups -OCH3 is 1. The molecule has 4 amide bonds. The minimum Gasteiger partial charge on any atom is -0.385 e. The van der Waals surface area contributed by atoms with Gasteiger partial charge in [-0.25, -0.2) is 9.18 Å². The van der Waals surface area contributed by atoms with Crippen LogP contribution in [-0.2, 0) is 14.3 Å². The molecule has 1 aliphatic rings. The van der Waals surface area contributed by atoms with Crippen molar-refractivity contribution in [3.63, 3.8) is 0 Å². The zero-order valence-electron chi connectivity index (χ0n) is 11.5. The molecule has 1 aromatic carbocycles. The first-order valence-electron chi connectivity index (χ1n) is 6.45. The van der Waals surface area contributed by atoms with Crippen LogP contribution in [0.3, 0.4) is 0 Å². The van der Waals surface area contributed by atoms with E-state index in [0.29, 0.717) is 18.6 Å². The van der Waals surface area contributed by atoms with E-state index in [9.17, 15) is 18.8 Å². The van der Waals surface area contributed by atoms with E-state index in [1.165, 1.54) is 31.4 Å². The van der Waals surface area contributed by atoms with Gasteiger partial charge in [0.2, 0.25) is 11.8 Å². The number of nitrogens with one attached hydrogen (secondary N) is 1. The van der Waals surface area contributed by atoms with E-state index in [1.54, 1.807) is 0 Å². The fourth-order valence-corrected chi connectivity index (χ4v) is 2.14. The summed E-state index contributed by atoms with van der Waals surface area (Å²) < 4.78 is 17.8. The molecule has 1 aliphatic heterocycles. The molecule has 1 unspecified atom stereocenters. The molecule has 1 aromatic rings. The van der Waals surface area contributed by atoms with Gasteiger partial charge in [0.15, 0.2) is 0 Å². The molecule has 0 spiro atoms. The van der Waals surface area contributed by atoms with Gasteiger partial charge in [0.1, 0.15) is 11.7 Å². The Kier molecular flexibility index (Phi) is 4.64. The zero-order valence-corrected chi connectivity index (χ0v) is 11.5. The molecule has 0 bridgehead atoms. The van der Waals surface area contributed by atoms with Gasteiger partial charge in [-0.15, -0.1) is 0 Å². The summed E-state index contributed by atoms with van der Waals surface area (Å²) >= 11 is 0. The van der Waals surface area contributed by atoms with E-state index in [2.05, 4.69) is 5.32 Å². The summed E-state index contributed by atoms with van der Waals surface area (Å²) in [6.07, 6.45) is 0.472. The fourth-order valence-electron chi connectivity index (χ4n) is 2.14. The van der Waals surface area contributed by atoms with Crippen molar-refractivity contribution < 1.29 is 23.5 Å². The van der Waals surface area contributed by atoms with Crippen LogP contribution >= 0.6 is 0 Å². The second-order valence-electron chi connectivity index (χ2n) is 4.62. The summed E-state index contributed by atoms with van der Waals surface area (Å²) in [6, 6.07) is 4.32. The molecule has 0 aliphatic carbocycles. The molecule has 2 rings (SSSR count). The molecule has 1 fully saturated rings. The summed E-state index contributed by atoms with van der Waals surface area (Å²) in [5, 5.41) is 2.14. The Balaban J connectivity index is 2.20. The quantitative estimate of drug-likeness (QED) is 0.650. The maximum Gasteiger partial charge on any atom is 0.330 e. The summed E-state index contributed by atoms with van der Waals surface area (Å²) in [4.78, 5) is 36.9. The molecule has 1 saturated heterocycles. The van der Waals surface area contributed by atoms with Crippen LogP contribution in [0.1, 0.15) is 17.9 Å². The molecule has 112 valence electrons. The highest BCUT2D eigenvalue weighted by Crippen LogP contribution is 2.23.